The summed E-state index contributed by atoms with van der Waals surface area (Å²) in [5, 5.41) is 16.0. The summed E-state index contributed by atoms with van der Waals surface area (Å²) in [5.74, 6) is 0.145. The molecule has 1 fully saturated rings. The van der Waals surface area contributed by atoms with Crippen molar-refractivity contribution in [2.45, 2.75) is 70.8 Å². The number of hydrogen-bond acceptors (Lipinski definition) is 5. The van der Waals surface area contributed by atoms with Crippen molar-refractivity contribution in [2.75, 3.05) is 0 Å². The Morgan fingerprint density at radius 3 is 2.49 bits per heavy atom. The smallest absolute Gasteiger partial charge is 0.407 e. The molecule has 0 aliphatic heterocycles. The minimum absolute atomic E-state index is 0.0475. The highest BCUT2D eigenvalue weighted by Crippen LogP contribution is 2.39. The molecule has 2 heterocycles. The molecule has 1 amide bonds. The van der Waals surface area contributed by atoms with Gasteiger partial charge in [0.25, 0.3) is 0 Å². The monoisotopic (exact) mass is 537 g/mol. The summed E-state index contributed by atoms with van der Waals surface area (Å²) in [7, 11) is 0. The van der Waals surface area contributed by atoms with Gasteiger partial charge in [-0.15, -0.1) is 0 Å². The molecule has 2 aromatic heterocycles. The van der Waals surface area contributed by atoms with E-state index in [2.05, 4.69) is 26.7 Å². The summed E-state index contributed by atoms with van der Waals surface area (Å²) >= 11 is 0. The van der Waals surface area contributed by atoms with Gasteiger partial charge in [0, 0.05) is 16.3 Å². The Morgan fingerprint density at radius 2 is 1.90 bits per heavy atom. The van der Waals surface area contributed by atoms with E-state index < -0.39 is 29.7 Å². The van der Waals surface area contributed by atoms with Gasteiger partial charge in [0.2, 0.25) is 5.91 Å². The molecule has 39 heavy (non-hydrogen) atoms. The van der Waals surface area contributed by atoms with Crippen molar-refractivity contribution >= 4 is 27.8 Å². The lowest BCUT2D eigenvalue weighted by molar-refractivity contribution is -0.161. The predicted octanol–water partition coefficient (Wildman–Crippen LogP) is 6.37. The third-order valence-corrected chi connectivity index (χ3v) is 7.17. The summed E-state index contributed by atoms with van der Waals surface area (Å²) in [6.45, 7) is 7.45. The second kappa shape index (κ2) is 9.72. The Morgan fingerprint density at radius 1 is 1.15 bits per heavy atom. The highest BCUT2D eigenvalue weighted by atomic mass is 19.4. The Kier molecular flexibility index (Phi) is 6.67. The molecule has 2 aromatic carbocycles. The first kappa shape index (κ1) is 26.8. The number of imidazole rings is 1. The normalized spacial score (nSPS) is 16.4. The van der Waals surface area contributed by atoms with E-state index in [9.17, 15) is 23.2 Å². The number of amides is 1. The Hall–Kier alpha value is -3.84. The molecular weight excluding hydrogens is 507 g/mol. The fourth-order valence-corrected chi connectivity index (χ4v) is 5.03. The van der Waals surface area contributed by atoms with E-state index in [0.29, 0.717) is 29.4 Å². The summed E-state index contributed by atoms with van der Waals surface area (Å²) in [4.78, 5) is 20.6. The minimum atomic E-state index is -4.68. The maximum atomic E-state index is 14.4. The van der Waals surface area contributed by atoms with Crippen LogP contribution in [0.1, 0.15) is 56.2 Å². The second-order valence-corrected chi connectivity index (χ2v) is 10.9. The van der Waals surface area contributed by atoms with Crippen LogP contribution in [0, 0.1) is 31.1 Å². The van der Waals surface area contributed by atoms with Gasteiger partial charge >= 0.3 is 6.18 Å². The molecular formula is C29H30F3N5O2. The van der Waals surface area contributed by atoms with E-state index in [1.54, 1.807) is 12.1 Å². The number of carbonyl (C=O) groups is 1. The standard InChI is InChI=1S/C29H30F3N5O2/c1-15(2)11-22(27(38)37-28(14-33)9-10-28)36-26(29(30,31)32)19-5-7-20-21-12-18(25-16(3)34-17(4)35-25)6-8-23(21)39-24(20)13-19/h5-8,12-13,15,22,26,36H,9-11H2,1-4H3,(H,34,35)(H,37,38)/t22-,26-/m0/s1. The molecule has 5 rings (SSSR count). The number of aryl methyl sites for hydroxylation is 2. The van der Waals surface area contributed by atoms with Crippen molar-refractivity contribution in [1.29, 1.82) is 5.26 Å². The van der Waals surface area contributed by atoms with Gasteiger partial charge < -0.3 is 14.7 Å². The second-order valence-electron chi connectivity index (χ2n) is 10.9. The van der Waals surface area contributed by atoms with Crippen LogP contribution in [0.15, 0.2) is 40.8 Å². The molecule has 0 saturated heterocycles. The number of aromatic amines is 1. The van der Waals surface area contributed by atoms with Crippen LogP contribution in [-0.4, -0.2) is 33.6 Å². The molecule has 1 saturated carbocycles. The van der Waals surface area contributed by atoms with Crippen molar-refractivity contribution in [2.24, 2.45) is 5.92 Å². The van der Waals surface area contributed by atoms with Crippen molar-refractivity contribution < 1.29 is 22.4 Å². The predicted molar refractivity (Wildman–Crippen MR) is 142 cm³/mol. The average molecular weight is 538 g/mol. The Balaban J connectivity index is 1.49. The van der Waals surface area contributed by atoms with Crippen molar-refractivity contribution in [3.05, 3.63) is 53.5 Å². The molecule has 0 spiro atoms. The van der Waals surface area contributed by atoms with Crippen molar-refractivity contribution in [3.63, 3.8) is 0 Å². The first-order valence-corrected chi connectivity index (χ1v) is 12.9. The van der Waals surface area contributed by atoms with Gasteiger partial charge in [-0.2, -0.15) is 18.4 Å². The number of H-pyrrole nitrogens is 1. The maximum absolute atomic E-state index is 14.4. The number of furan rings is 1. The van der Waals surface area contributed by atoms with Crippen molar-refractivity contribution in [3.8, 4) is 17.3 Å². The Bertz CT molecular complexity index is 1590. The van der Waals surface area contributed by atoms with Crippen LogP contribution in [-0.2, 0) is 4.79 Å². The molecule has 0 unspecified atom stereocenters. The molecule has 0 bridgehead atoms. The number of nitrogens with zero attached hydrogens (tertiary/aromatic N) is 2. The maximum Gasteiger partial charge on any atom is 0.407 e. The zero-order valence-electron chi connectivity index (χ0n) is 22.2. The van der Waals surface area contributed by atoms with Crippen molar-refractivity contribution in [1.82, 2.24) is 20.6 Å². The molecule has 3 N–H and O–H groups in total. The zero-order chi connectivity index (χ0) is 28.1. The SMILES string of the molecule is Cc1nc(C)c(-c2ccc3oc4cc([C@H](N[C@@H](CC(C)C)C(=O)NC5(C#N)CC5)C(F)(F)F)ccc4c3c2)[nH]1. The number of hydrogen-bond donors (Lipinski definition) is 3. The number of fused-ring (bicyclic) bond motifs is 3. The molecule has 0 radical (unpaired) electrons. The number of aromatic nitrogens is 2. The fraction of sp³-hybridized carbons (Fsp3) is 0.414. The first-order valence-electron chi connectivity index (χ1n) is 12.9. The van der Waals surface area contributed by atoms with E-state index in [1.807, 2.05) is 39.8 Å². The molecule has 2 atom stereocenters. The third kappa shape index (κ3) is 5.36. The number of carbonyl (C=O) groups excluding carboxylic acids is 1. The number of halogens is 3. The number of benzene rings is 2. The van der Waals surface area contributed by atoms with Gasteiger partial charge in [-0.05, 0) is 68.9 Å². The van der Waals surface area contributed by atoms with Crippen LogP contribution in [0.25, 0.3) is 33.2 Å². The number of nitrogens with one attached hydrogen (secondary N) is 3. The van der Waals surface area contributed by atoms with Gasteiger partial charge in [0.1, 0.15) is 28.6 Å². The van der Waals surface area contributed by atoms with Gasteiger partial charge in [-0.3, -0.25) is 10.1 Å². The fourth-order valence-electron chi connectivity index (χ4n) is 5.03. The highest BCUT2D eigenvalue weighted by Gasteiger charge is 2.47. The molecule has 7 nitrogen and oxygen atoms in total. The van der Waals surface area contributed by atoms with E-state index in [-0.39, 0.29) is 17.9 Å². The first-order chi connectivity index (χ1) is 18.4. The number of nitriles is 1. The van der Waals surface area contributed by atoms with Crippen LogP contribution >= 0.6 is 0 Å². The molecule has 204 valence electrons. The lowest BCUT2D eigenvalue weighted by Gasteiger charge is -2.29. The molecule has 10 heteroatoms. The molecule has 4 aromatic rings. The van der Waals surface area contributed by atoms with Gasteiger partial charge in [0.05, 0.1) is 23.5 Å². The number of rotatable bonds is 8. The number of alkyl halides is 3. The Labute approximate surface area is 223 Å². The summed E-state index contributed by atoms with van der Waals surface area (Å²) < 4.78 is 49.1. The topological polar surface area (TPSA) is 107 Å². The van der Waals surface area contributed by atoms with Crippen LogP contribution in [0.3, 0.4) is 0 Å². The van der Waals surface area contributed by atoms with E-state index in [4.69, 9.17) is 4.42 Å². The largest absolute Gasteiger partial charge is 0.456 e. The van der Waals surface area contributed by atoms with Crippen LogP contribution < -0.4 is 10.6 Å². The van der Waals surface area contributed by atoms with Gasteiger partial charge in [0.15, 0.2) is 0 Å². The lowest BCUT2D eigenvalue weighted by atomic mass is 9.98. The summed E-state index contributed by atoms with van der Waals surface area (Å²) in [5.41, 5.74) is 2.47. The summed E-state index contributed by atoms with van der Waals surface area (Å²) in [6.07, 6.45) is -3.50. The van der Waals surface area contributed by atoms with Gasteiger partial charge in [-0.25, -0.2) is 4.98 Å². The van der Waals surface area contributed by atoms with Crippen LogP contribution in [0.2, 0.25) is 0 Å². The third-order valence-electron chi connectivity index (χ3n) is 7.17. The molecule has 1 aliphatic carbocycles. The summed E-state index contributed by atoms with van der Waals surface area (Å²) in [6, 6.07) is 8.87. The lowest BCUT2D eigenvalue weighted by Crippen LogP contribution is -2.52. The van der Waals surface area contributed by atoms with Crippen LogP contribution in [0.5, 0.6) is 0 Å². The van der Waals surface area contributed by atoms with E-state index in [0.717, 1.165) is 28.2 Å². The van der Waals surface area contributed by atoms with Gasteiger partial charge in [-0.1, -0.05) is 26.0 Å². The van der Waals surface area contributed by atoms with Crippen LogP contribution in [0.4, 0.5) is 13.2 Å². The van der Waals surface area contributed by atoms with E-state index >= 15 is 0 Å². The highest BCUT2D eigenvalue weighted by molar-refractivity contribution is 6.06. The van der Waals surface area contributed by atoms with E-state index in [1.165, 1.54) is 12.1 Å². The average Bonchev–Trinajstić information content (AvgIpc) is 3.42. The molecule has 1 aliphatic rings. The quantitative estimate of drug-likeness (QED) is 0.242. The zero-order valence-corrected chi connectivity index (χ0v) is 22.2. The minimum Gasteiger partial charge on any atom is -0.456 e.